The van der Waals surface area contributed by atoms with Crippen LogP contribution in [0.2, 0.25) is 0 Å². The number of nitrogens with one attached hydrogen (secondary N) is 1. The van der Waals surface area contributed by atoms with Crippen LogP contribution in [-0.2, 0) is 0 Å². The number of hydrogen-bond acceptors (Lipinski definition) is 3. The molecule has 0 aromatic rings. The standard InChI is InChI=1S/C5H14N2O/c1-7(2)5-3-4-6-8/h6,8H,3-5H2,1-2H3. The monoisotopic (exact) mass is 118 g/mol. The lowest BCUT2D eigenvalue weighted by Crippen LogP contribution is -2.18. The molecule has 0 aliphatic carbocycles. The molecular formula is C5H14N2O. The number of hydrogen-bond donors (Lipinski definition) is 2. The third-order valence-electron chi connectivity index (χ3n) is 0.894. The number of nitrogens with zero attached hydrogens (tertiary/aromatic N) is 1. The maximum absolute atomic E-state index is 8.11. The first-order chi connectivity index (χ1) is 3.77. The highest BCUT2D eigenvalue weighted by atomic mass is 16.5. The molecule has 0 aliphatic rings. The van der Waals surface area contributed by atoms with Crippen molar-refractivity contribution < 1.29 is 5.21 Å². The summed E-state index contributed by atoms with van der Waals surface area (Å²) >= 11 is 0. The molecule has 3 heteroatoms. The summed E-state index contributed by atoms with van der Waals surface area (Å²) in [6, 6.07) is 0. The third-order valence-corrected chi connectivity index (χ3v) is 0.894. The van der Waals surface area contributed by atoms with Gasteiger partial charge in [-0.15, -0.1) is 0 Å². The molecule has 0 aromatic heterocycles. The highest BCUT2D eigenvalue weighted by Crippen LogP contribution is 1.78. The highest BCUT2D eigenvalue weighted by molar-refractivity contribution is 4.43. The van der Waals surface area contributed by atoms with E-state index in [2.05, 4.69) is 10.4 Å². The van der Waals surface area contributed by atoms with Crippen LogP contribution in [0.3, 0.4) is 0 Å². The predicted molar refractivity (Wildman–Crippen MR) is 33.0 cm³/mol. The number of hydroxylamine groups is 1. The minimum Gasteiger partial charge on any atom is -0.317 e. The smallest absolute Gasteiger partial charge is 0.0219 e. The molecule has 0 heterocycles. The van der Waals surface area contributed by atoms with Gasteiger partial charge in [-0.3, -0.25) is 0 Å². The second-order valence-electron chi connectivity index (χ2n) is 2.06. The van der Waals surface area contributed by atoms with Crippen molar-refractivity contribution in [3.05, 3.63) is 0 Å². The molecule has 0 bridgehead atoms. The molecule has 0 unspecified atom stereocenters. The normalized spacial score (nSPS) is 10.5. The fourth-order valence-corrected chi connectivity index (χ4v) is 0.474. The van der Waals surface area contributed by atoms with E-state index in [-0.39, 0.29) is 0 Å². The van der Waals surface area contributed by atoms with Gasteiger partial charge in [0.05, 0.1) is 0 Å². The van der Waals surface area contributed by atoms with Crippen LogP contribution in [0.25, 0.3) is 0 Å². The second kappa shape index (κ2) is 5.03. The van der Waals surface area contributed by atoms with Gasteiger partial charge in [0.1, 0.15) is 0 Å². The molecule has 0 fully saturated rings. The molecule has 0 radical (unpaired) electrons. The van der Waals surface area contributed by atoms with Gasteiger partial charge < -0.3 is 10.1 Å². The summed E-state index contributed by atoms with van der Waals surface area (Å²) in [5.74, 6) is 0. The zero-order valence-corrected chi connectivity index (χ0v) is 5.52. The van der Waals surface area contributed by atoms with Crippen molar-refractivity contribution in [3.63, 3.8) is 0 Å². The topological polar surface area (TPSA) is 35.5 Å². The van der Waals surface area contributed by atoms with E-state index in [9.17, 15) is 0 Å². The molecule has 50 valence electrons. The van der Waals surface area contributed by atoms with Gasteiger partial charge in [0.25, 0.3) is 0 Å². The van der Waals surface area contributed by atoms with Gasteiger partial charge in [-0.2, -0.15) is 0 Å². The Labute approximate surface area is 50.3 Å². The molecule has 0 amide bonds. The largest absolute Gasteiger partial charge is 0.317 e. The van der Waals surface area contributed by atoms with Gasteiger partial charge in [-0.25, -0.2) is 5.48 Å². The molecule has 0 aliphatic heterocycles. The summed E-state index contributed by atoms with van der Waals surface area (Å²) in [5.41, 5.74) is 2.10. The molecular weight excluding hydrogens is 104 g/mol. The summed E-state index contributed by atoms with van der Waals surface area (Å²) in [5, 5.41) is 8.11. The van der Waals surface area contributed by atoms with Gasteiger partial charge in [0, 0.05) is 6.54 Å². The Morgan fingerprint density at radius 1 is 1.50 bits per heavy atom. The van der Waals surface area contributed by atoms with Crippen LogP contribution in [0, 0.1) is 0 Å². The molecule has 0 aromatic carbocycles. The Morgan fingerprint density at radius 2 is 2.12 bits per heavy atom. The molecule has 0 atom stereocenters. The average Bonchev–Trinajstić information content (AvgIpc) is 1.66. The lowest BCUT2D eigenvalue weighted by molar-refractivity contribution is 0.162. The van der Waals surface area contributed by atoms with E-state index >= 15 is 0 Å². The van der Waals surface area contributed by atoms with Gasteiger partial charge in [0.15, 0.2) is 0 Å². The molecule has 3 nitrogen and oxygen atoms in total. The van der Waals surface area contributed by atoms with E-state index in [1.165, 1.54) is 0 Å². The van der Waals surface area contributed by atoms with E-state index in [0.29, 0.717) is 6.54 Å². The minimum atomic E-state index is 0.679. The number of rotatable bonds is 4. The molecule has 0 saturated carbocycles. The fourth-order valence-electron chi connectivity index (χ4n) is 0.474. The molecule has 8 heavy (non-hydrogen) atoms. The quantitative estimate of drug-likeness (QED) is 0.400. The Kier molecular flexibility index (Phi) is 4.95. The van der Waals surface area contributed by atoms with E-state index in [1.54, 1.807) is 0 Å². The molecule has 0 saturated heterocycles. The minimum absolute atomic E-state index is 0.679. The van der Waals surface area contributed by atoms with Crippen molar-refractivity contribution in [2.45, 2.75) is 6.42 Å². The van der Waals surface area contributed by atoms with Crippen LogP contribution in [0.4, 0.5) is 0 Å². The van der Waals surface area contributed by atoms with Gasteiger partial charge in [-0.05, 0) is 27.1 Å². The molecule has 2 N–H and O–H groups in total. The van der Waals surface area contributed by atoms with Crippen molar-refractivity contribution in [2.75, 3.05) is 27.2 Å². The van der Waals surface area contributed by atoms with E-state index in [4.69, 9.17) is 5.21 Å². The van der Waals surface area contributed by atoms with E-state index in [1.807, 2.05) is 14.1 Å². The Morgan fingerprint density at radius 3 is 2.50 bits per heavy atom. The van der Waals surface area contributed by atoms with Crippen LogP contribution in [0.1, 0.15) is 6.42 Å². The van der Waals surface area contributed by atoms with Gasteiger partial charge in [-0.1, -0.05) is 0 Å². The van der Waals surface area contributed by atoms with Crippen molar-refractivity contribution in [1.29, 1.82) is 0 Å². The first-order valence-corrected chi connectivity index (χ1v) is 2.79. The van der Waals surface area contributed by atoms with Gasteiger partial charge in [0.2, 0.25) is 0 Å². The maximum Gasteiger partial charge on any atom is 0.0219 e. The third kappa shape index (κ3) is 5.88. The van der Waals surface area contributed by atoms with Crippen molar-refractivity contribution in [3.8, 4) is 0 Å². The first-order valence-electron chi connectivity index (χ1n) is 2.79. The SMILES string of the molecule is CN(C)CCCNO. The van der Waals surface area contributed by atoms with Gasteiger partial charge >= 0.3 is 0 Å². The lowest BCUT2D eigenvalue weighted by atomic mass is 10.4. The molecule has 0 rings (SSSR count). The molecule has 0 spiro atoms. The van der Waals surface area contributed by atoms with E-state index in [0.717, 1.165) is 13.0 Å². The average molecular weight is 118 g/mol. The summed E-state index contributed by atoms with van der Waals surface area (Å²) in [7, 11) is 4.02. The van der Waals surface area contributed by atoms with Crippen molar-refractivity contribution in [2.24, 2.45) is 0 Å². The first kappa shape index (κ1) is 7.88. The van der Waals surface area contributed by atoms with Crippen LogP contribution < -0.4 is 5.48 Å². The zero-order chi connectivity index (χ0) is 6.41. The highest BCUT2D eigenvalue weighted by Gasteiger charge is 1.86. The van der Waals surface area contributed by atoms with Crippen LogP contribution in [0.5, 0.6) is 0 Å². The summed E-state index contributed by atoms with van der Waals surface area (Å²) in [6.45, 7) is 1.70. The van der Waals surface area contributed by atoms with Crippen molar-refractivity contribution in [1.82, 2.24) is 10.4 Å². The van der Waals surface area contributed by atoms with Crippen LogP contribution in [-0.4, -0.2) is 37.3 Å². The zero-order valence-electron chi connectivity index (χ0n) is 5.52. The summed E-state index contributed by atoms with van der Waals surface area (Å²) in [4.78, 5) is 2.08. The van der Waals surface area contributed by atoms with E-state index < -0.39 is 0 Å². The van der Waals surface area contributed by atoms with Crippen LogP contribution >= 0.6 is 0 Å². The Hall–Kier alpha value is -0.120. The van der Waals surface area contributed by atoms with Crippen LogP contribution in [0.15, 0.2) is 0 Å². The summed E-state index contributed by atoms with van der Waals surface area (Å²) < 4.78 is 0. The predicted octanol–water partition coefficient (Wildman–Crippen LogP) is -0.0831. The summed E-state index contributed by atoms with van der Waals surface area (Å²) in [6.07, 6.45) is 0.990. The Bertz CT molecular complexity index is 47.7. The maximum atomic E-state index is 8.11. The fraction of sp³-hybridized carbons (Fsp3) is 1.00. The van der Waals surface area contributed by atoms with Crippen molar-refractivity contribution >= 4 is 0 Å². The lowest BCUT2D eigenvalue weighted by Gasteiger charge is -2.06. The Balaban J connectivity index is 2.72. The second-order valence-corrected chi connectivity index (χ2v) is 2.06.